The topological polar surface area (TPSA) is 340 Å². The molecule has 3 saturated carbocycles. The molecule has 0 unspecified atom stereocenters. The maximum Gasteiger partial charge on any atom is 0.308 e. The standard InChI is InChI=1S/C50H78O22/c1-21-35-30(72-50(21)12-7-23(20-65-50)19-64-34(56)15-25(53)14-33(54)55)16-29-27-6-5-24-13-26(8-10-48(24,3)28(27)9-11-49(29,35)4)67-47-44(71-45-41(62)39(60)36(57)22(2)66-45)43(38(59)32(18-52)69-47)70-46-42(63)40(61)37(58)31(17-51)68-46/h5,21-23,25-32,35-47,51-53,57-63H,6-20H2,1-4H3,(H,54,55)/t21-,22-,23-,25-,26-,27+,28-,29-,30-,31+,32+,35-,36-,37+,38+,39+,40-,41+,42+,43-,44+,45-,46-,47+,48-,49-,50+/m0/s1. The van der Waals surface area contributed by atoms with Crippen molar-refractivity contribution in [1.29, 1.82) is 0 Å². The van der Waals surface area contributed by atoms with Crippen molar-refractivity contribution in [3.8, 4) is 0 Å². The van der Waals surface area contributed by atoms with Crippen molar-refractivity contribution in [2.75, 3.05) is 26.4 Å². The maximum absolute atomic E-state index is 12.3. The van der Waals surface area contributed by atoms with E-state index in [9.17, 15) is 60.7 Å². The Bertz CT molecular complexity index is 1930. The number of hydrogen-bond donors (Lipinski definition) is 11. The third-order valence-electron chi connectivity index (χ3n) is 18.8. The van der Waals surface area contributed by atoms with Crippen molar-refractivity contribution in [2.45, 2.75) is 215 Å². The Morgan fingerprint density at radius 3 is 2.10 bits per heavy atom. The number of fused-ring (bicyclic) bond motifs is 7. The summed E-state index contributed by atoms with van der Waals surface area (Å²) in [6.07, 6.45) is -16.7. The summed E-state index contributed by atoms with van der Waals surface area (Å²) < 4.78 is 55.7. The Kier molecular flexibility index (Phi) is 16.3. The molecule has 0 aromatic rings. The Balaban J connectivity index is 0.869. The van der Waals surface area contributed by atoms with E-state index in [0.717, 1.165) is 38.5 Å². The number of allylic oxidation sites excluding steroid dienone is 1. The third-order valence-corrected chi connectivity index (χ3v) is 18.8. The second kappa shape index (κ2) is 21.4. The lowest BCUT2D eigenvalue weighted by atomic mass is 9.47. The first-order valence-electron chi connectivity index (χ1n) is 26.1. The van der Waals surface area contributed by atoms with Crippen LogP contribution in [0, 0.1) is 46.3 Å². The first kappa shape index (κ1) is 54.7. The second-order valence-corrected chi connectivity index (χ2v) is 23.0. The number of carbonyl (C=O) groups excluding carboxylic acids is 1. The quantitative estimate of drug-likeness (QED) is 0.0731. The molecule has 11 N–H and O–H groups in total. The Hall–Kier alpha value is -2.04. The molecule has 5 heterocycles. The fraction of sp³-hybridized carbons (Fsp3) is 0.920. The zero-order valence-electron chi connectivity index (χ0n) is 41.5. The summed E-state index contributed by atoms with van der Waals surface area (Å²) in [7, 11) is 0. The molecule has 0 radical (unpaired) electrons. The number of esters is 1. The van der Waals surface area contributed by atoms with Crippen LogP contribution in [0.2, 0.25) is 0 Å². The Morgan fingerprint density at radius 2 is 1.42 bits per heavy atom. The highest BCUT2D eigenvalue weighted by molar-refractivity contribution is 5.72. The molecular weight excluding hydrogens is 953 g/mol. The van der Waals surface area contributed by atoms with Crippen LogP contribution in [-0.4, -0.2) is 211 Å². The highest BCUT2D eigenvalue weighted by Crippen LogP contribution is 2.71. The van der Waals surface area contributed by atoms with Gasteiger partial charge in [0, 0.05) is 18.3 Å². The minimum absolute atomic E-state index is 0.0280. The molecule has 27 atom stereocenters. The van der Waals surface area contributed by atoms with Gasteiger partial charge in [0.15, 0.2) is 24.7 Å². The summed E-state index contributed by atoms with van der Waals surface area (Å²) in [5.74, 6) is -0.894. The number of ether oxygens (including phenoxy) is 9. The smallest absolute Gasteiger partial charge is 0.308 e. The van der Waals surface area contributed by atoms with Crippen LogP contribution in [0.4, 0.5) is 0 Å². The van der Waals surface area contributed by atoms with Crippen LogP contribution in [0.1, 0.15) is 98.3 Å². The van der Waals surface area contributed by atoms with Crippen LogP contribution in [-0.2, 0) is 52.2 Å². The zero-order chi connectivity index (χ0) is 51.8. The molecule has 9 rings (SSSR count). The van der Waals surface area contributed by atoms with Crippen molar-refractivity contribution in [1.82, 2.24) is 0 Å². The lowest BCUT2D eigenvalue weighted by Gasteiger charge is -2.59. The molecule has 22 nitrogen and oxygen atoms in total. The van der Waals surface area contributed by atoms with Gasteiger partial charge in [0.2, 0.25) is 0 Å². The first-order chi connectivity index (χ1) is 34.1. The minimum atomic E-state index is -1.87. The van der Waals surface area contributed by atoms with Crippen LogP contribution < -0.4 is 0 Å². The summed E-state index contributed by atoms with van der Waals surface area (Å²) in [5, 5.41) is 115. The van der Waals surface area contributed by atoms with Gasteiger partial charge in [-0.15, -0.1) is 0 Å². The lowest BCUT2D eigenvalue weighted by molar-refractivity contribution is -0.394. The van der Waals surface area contributed by atoms with Crippen molar-refractivity contribution < 1.29 is 108 Å². The summed E-state index contributed by atoms with van der Waals surface area (Å²) in [5.41, 5.74) is 1.15. The molecule has 0 bridgehead atoms. The zero-order valence-corrected chi connectivity index (χ0v) is 41.5. The normalized spacial score (nSPS) is 51.6. The molecule has 9 aliphatic rings. The summed E-state index contributed by atoms with van der Waals surface area (Å²) >= 11 is 0. The molecule has 5 aliphatic heterocycles. The molecule has 410 valence electrons. The molecule has 4 aliphatic carbocycles. The van der Waals surface area contributed by atoms with Gasteiger partial charge in [0.05, 0.1) is 63.7 Å². The SMILES string of the molecule is C[C@@H]1O[C@@H](O[C@H]2[C@H](O[C@H]3CC[C@@]4(C)C(=CC[C@H]5[C@@H]6C[C@@H]7O[C@]8(CC[C@@H](COC(=O)C[C@@H](O)CC(=O)O)CO8)[C@@H](C)[C@@H]7[C@@]6(C)CC[C@@H]54)C3)O[C@H](CO)[C@@H](O)[C@@H]2O[C@@H]2O[C@H](CO)[C@@H](O)[C@H](O)[C@H]2O)[C@H](O)[C@H](O)[C@H]1O. The summed E-state index contributed by atoms with van der Waals surface area (Å²) in [4.78, 5) is 23.1. The van der Waals surface area contributed by atoms with Crippen LogP contribution in [0.15, 0.2) is 11.6 Å². The van der Waals surface area contributed by atoms with E-state index in [1.165, 1.54) is 12.5 Å². The lowest BCUT2D eigenvalue weighted by Crippen LogP contribution is -2.67. The molecule has 0 amide bonds. The van der Waals surface area contributed by atoms with Gasteiger partial charge in [-0.3, -0.25) is 9.59 Å². The van der Waals surface area contributed by atoms with Crippen LogP contribution >= 0.6 is 0 Å². The molecule has 22 heteroatoms. The van der Waals surface area contributed by atoms with Gasteiger partial charge in [-0.25, -0.2) is 0 Å². The molecule has 8 fully saturated rings. The predicted molar refractivity (Wildman–Crippen MR) is 242 cm³/mol. The van der Waals surface area contributed by atoms with Gasteiger partial charge >= 0.3 is 11.9 Å². The van der Waals surface area contributed by atoms with Gasteiger partial charge < -0.3 is 98.8 Å². The maximum atomic E-state index is 12.3. The average molecular weight is 1030 g/mol. The van der Waals surface area contributed by atoms with Gasteiger partial charge in [-0.05, 0) is 92.8 Å². The van der Waals surface area contributed by atoms with E-state index in [-0.39, 0.29) is 41.8 Å². The first-order valence-corrected chi connectivity index (χ1v) is 26.1. The van der Waals surface area contributed by atoms with Crippen molar-refractivity contribution in [3.05, 3.63) is 11.6 Å². The van der Waals surface area contributed by atoms with Crippen LogP contribution in [0.25, 0.3) is 0 Å². The van der Waals surface area contributed by atoms with E-state index in [2.05, 4.69) is 26.8 Å². The van der Waals surface area contributed by atoms with Gasteiger partial charge in [-0.2, -0.15) is 0 Å². The van der Waals surface area contributed by atoms with E-state index in [1.54, 1.807) is 0 Å². The van der Waals surface area contributed by atoms with E-state index in [0.29, 0.717) is 49.5 Å². The largest absolute Gasteiger partial charge is 0.481 e. The molecule has 1 spiro atoms. The van der Waals surface area contributed by atoms with E-state index in [1.807, 2.05) is 0 Å². The minimum Gasteiger partial charge on any atom is -0.481 e. The van der Waals surface area contributed by atoms with Crippen molar-refractivity contribution in [3.63, 3.8) is 0 Å². The highest BCUT2D eigenvalue weighted by atomic mass is 16.8. The number of carboxylic acid groups (broad SMARTS) is 1. The summed E-state index contributed by atoms with van der Waals surface area (Å²) in [6, 6.07) is 0. The second-order valence-electron chi connectivity index (χ2n) is 23.0. The molecule has 0 aromatic carbocycles. The van der Waals surface area contributed by atoms with E-state index < -0.39 is 142 Å². The van der Waals surface area contributed by atoms with Crippen molar-refractivity contribution in [2.24, 2.45) is 46.3 Å². The number of hydrogen-bond acceptors (Lipinski definition) is 21. The highest BCUT2D eigenvalue weighted by Gasteiger charge is 2.69. The number of carboxylic acids is 1. The number of aliphatic hydroxyl groups excluding tert-OH is 10. The van der Waals surface area contributed by atoms with Crippen LogP contribution in [0.5, 0.6) is 0 Å². The molecule has 72 heavy (non-hydrogen) atoms. The fourth-order valence-electron chi connectivity index (χ4n) is 14.8. The molecule has 5 saturated heterocycles. The number of aliphatic hydroxyl groups is 10. The van der Waals surface area contributed by atoms with Gasteiger partial charge in [0.25, 0.3) is 0 Å². The van der Waals surface area contributed by atoms with E-state index in [4.69, 9.17) is 47.7 Å². The monoisotopic (exact) mass is 1030 g/mol. The van der Waals surface area contributed by atoms with Gasteiger partial charge in [-0.1, -0.05) is 32.4 Å². The molecular formula is C50H78O22. The third kappa shape index (κ3) is 9.95. The number of carbonyl (C=O) groups is 2. The summed E-state index contributed by atoms with van der Waals surface area (Å²) in [6.45, 7) is 7.55. The fourth-order valence-corrected chi connectivity index (χ4v) is 14.8. The Morgan fingerprint density at radius 1 is 0.750 bits per heavy atom. The average Bonchev–Trinajstić information content (AvgIpc) is 3.79. The van der Waals surface area contributed by atoms with Crippen molar-refractivity contribution >= 4 is 11.9 Å². The predicted octanol–water partition coefficient (Wildman–Crippen LogP) is -1.04. The Labute approximate surface area is 418 Å². The number of rotatable bonds is 14. The van der Waals surface area contributed by atoms with Crippen LogP contribution in [0.3, 0.4) is 0 Å². The number of aliphatic carboxylic acids is 1. The van der Waals surface area contributed by atoms with Gasteiger partial charge in [0.1, 0.15) is 67.1 Å². The molecule has 0 aromatic heterocycles. The van der Waals surface area contributed by atoms with E-state index >= 15 is 0 Å².